The van der Waals surface area contributed by atoms with Gasteiger partial charge in [-0.3, -0.25) is 19.3 Å². The van der Waals surface area contributed by atoms with Gasteiger partial charge in [-0.2, -0.15) is 0 Å². The number of hydrogen-bond acceptors (Lipinski definition) is 6. The Balaban J connectivity index is 1.46. The highest BCUT2D eigenvalue weighted by Crippen LogP contribution is 2.34. The number of benzene rings is 2. The maximum Gasteiger partial charge on any atom is 0.253 e. The lowest BCUT2D eigenvalue weighted by Crippen LogP contribution is -2.43. The van der Waals surface area contributed by atoms with Gasteiger partial charge in [-0.25, -0.2) is 0 Å². The van der Waals surface area contributed by atoms with Crippen LogP contribution in [0.25, 0.3) is 11.1 Å². The number of rotatable bonds is 10. The minimum atomic E-state index is -0.224. The Kier molecular flexibility index (Phi) is 10.4. The Hall–Kier alpha value is -4.21. The number of likely N-dealkylation sites (tertiary alicyclic amines) is 1. The first kappa shape index (κ1) is 33.2. The van der Waals surface area contributed by atoms with Crippen molar-refractivity contribution >= 4 is 17.5 Å². The van der Waals surface area contributed by atoms with Crippen LogP contribution in [0.15, 0.2) is 59.9 Å². The zero-order valence-electron chi connectivity index (χ0n) is 28.0. The maximum atomic E-state index is 13.9. The molecule has 3 heterocycles. The molecule has 2 fully saturated rings. The monoisotopic (exact) mass is 624 g/mol. The SMILES string of the molecule is C=CC(=O)N1CCC(N(CC)c2cc(-c3ccc(CN4CCN(C)CC4)cc3)cc(C(=O)NCc3c(C)cc(C)[nH]c3=O)c2C)C1. The first-order valence-corrected chi connectivity index (χ1v) is 16.4. The highest BCUT2D eigenvalue weighted by molar-refractivity contribution is 5.99. The molecule has 3 aromatic rings. The first-order valence-electron chi connectivity index (χ1n) is 16.4. The van der Waals surface area contributed by atoms with Crippen molar-refractivity contribution in [3.63, 3.8) is 0 Å². The van der Waals surface area contributed by atoms with E-state index in [2.05, 4.69) is 75.9 Å². The second-order valence-electron chi connectivity index (χ2n) is 12.8. The maximum absolute atomic E-state index is 13.9. The second kappa shape index (κ2) is 14.5. The molecule has 1 aromatic heterocycles. The number of nitrogens with one attached hydrogen (secondary N) is 2. The smallest absolute Gasteiger partial charge is 0.253 e. The van der Waals surface area contributed by atoms with Crippen LogP contribution in [0.5, 0.6) is 0 Å². The predicted molar refractivity (Wildman–Crippen MR) is 185 cm³/mol. The normalized spacial score (nSPS) is 17.2. The van der Waals surface area contributed by atoms with Crippen LogP contribution in [0.2, 0.25) is 0 Å². The fourth-order valence-corrected chi connectivity index (χ4v) is 6.78. The number of amides is 2. The van der Waals surface area contributed by atoms with Crippen molar-refractivity contribution in [2.45, 2.75) is 53.2 Å². The van der Waals surface area contributed by atoms with E-state index in [-0.39, 0.29) is 30.0 Å². The van der Waals surface area contributed by atoms with E-state index in [9.17, 15) is 14.4 Å². The zero-order chi connectivity index (χ0) is 33.0. The number of pyridine rings is 1. The zero-order valence-corrected chi connectivity index (χ0v) is 28.0. The van der Waals surface area contributed by atoms with Gasteiger partial charge >= 0.3 is 0 Å². The fraction of sp³-hybridized carbons (Fsp3) is 0.432. The summed E-state index contributed by atoms with van der Waals surface area (Å²) in [5, 5.41) is 3.03. The highest BCUT2D eigenvalue weighted by Gasteiger charge is 2.31. The van der Waals surface area contributed by atoms with Crippen LogP contribution in [0.3, 0.4) is 0 Å². The molecule has 1 unspecified atom stereocenters. The molecular formula is C37H48N6O3. The highest BCUT2D eigenvalue weighted by atomic mass is 16.2. The van der Waals surface area contributed by atoms with Crippen LogP contribution in [0, 0.1) is 20.8 Å². The third kappa shape index (κ3) is 7.43. The molecular weight excluding hydrogens is 576 g/mol. The molecule has 244 valence electrons. The van der Waals surface area contributed by atoms with Crippen molar-refractivity contribution in [3.8, 4) is 11.1 Å². The van der Waals surface area contributed by atoms with Gasteiger partial charge < -0.3 is 25.0 Å². The first-order chi connectivity index (χ1) is 22.1. The van der Waals surface area contributed by atoms with Gasteiger partial charge in [0.2, 0.25) is 5.91 Å². The molecule has 0 aliphatic carbocycles. The average molecular weight is 625 g/mol. The second-order valence-corrected chi connectivity index (χ2v) is 12.8. The Morgan fingerprint density at radius 2 is 1.74 bits per heavy atom. The summed E-state index contributed by atoms with van der Waals surface area (Å²) < 4.78 is 0. The number of piperazine rings is 1. The van der Waals surface area contributed by atoms with Crippen LogP contribution in [-0.2, 0) is 17.9 Å². The lowest BCUT2D eigenvalue weighted by molar-refractivity contribution is -0.125. The van der Waals surface area contributed by atoms with Gasteiger partial charge in [0.25, 0.3) is 11.5 Å². The van der Waals surface area contributed by atoms with Gasteiger partial charge in [-0.1, -0.05) is 30.8 Å². The summed E-state index contributed by atoms with van der Waals surface area (Å²) in [5.41, 5.74) is 7.70. The molecule has 0 spiro atoms. The lowest BCUT2D eigenvalue weighted by atomic mass is 9.95. The number of aromatic nitrogens is 1. The van der Waals surface area contributed by atoms with Crippen molar-refractivity contribution in [3.05, 3.63) is 99.0 Å². The molecule has 2 amide bonds. The largest absolute Gasteiger partial charge is 0.367 e. The minimum absolute atomic E-state index is 0.0536. The standard InChI is InChI=1S/C37H48N6O3/c1-7-35(44)42-14-13-31(24-42)43(8-2)34-21-30(29-11-9-28(10-12-29)23-41-17-15-40(6)16-18-41)20-32(27(34)5)36(45)38-22-33-25(3)19-26(4)39-37(33)46/h7,9-12,19-21,31H,1,8,13-18,22-24H2,2-6H3,(H,38,45)(H,39,46). The molecule has 2 aliphatic heterocycles. The number of nitrogens with zero attached hydrogens (tertiary/aromatic N) is 4. The number of hydrogen-bond donors (Lipinski definition) is 2. The van der Waals surface area contributed by atoms with E-state index in [1.54, 1.807) is 0 Å². The number of aromatic amines is 1. The van der Waals surface area contributed by atoms with Crippen molar-refractivity contribution < 1.29 is 9.59 Å². The van der Waals surface area contributed by atoms with E-state index < -0.39 is 0 Å². The molecule has 2 aromatic carbocycles. The van der Waals surface area contributed by atoms with Crippen molar-refractivity contribution in [2.75, 3.05) is 57.8 Å². The number of likely N-dealkylation sites (N-methyl/N-ethyl adjacent to an activating group) is 2. The van der Waals surface area contributed by atoms with Gasteiger partial charge in [-0.15, -0.1) is 0 Å². The molecule has 5 rings (SSSR count). The van der Waals surface area contributed by atoms with Gasteiger partial charge in [0, 0.05) is 87.5 Å². The van der Waals surface area contributed by atoms with Crippen LogP contribution >= 0.6 is 0 Å². The molecule has 2 aliphatic rings. The summed E-state index contributed by atoms with van der Waals surface area (Å²) in [4.78, 5) is 50.8. The van der Waals surface area contributed by atoms with Gasteiger partial charge in [0.05, 0.1) is 0 Å². The third-order valence-electron chi connectivity index (χ3n) is 9.57. The molecule has 0 saturated carbocycles. The summed E-state index contributed by atoms with van der Waals surface area (Å²) in [6.45, 7) is 18.9. The Morgan fingerprint density at radius 3 is 2.39 bits per heavy atom. The molecule has 9 heteroatoms. The third-order valence-corrected chi connectivity index (χ3v) is 9.57. The van der Waals surface area contributed by atoms with E-state index in [1.165, 1.54) is 11.6 Å². The van der Waals surface area contributed by atoms with E-state index in [0.29, 0.717) is 24.2 Å². The number of H-pyrrole nitrogens is 1. The summed E-state index contributed by atoms with van der Waals surface area (Å²) in [6.07, 6.45) is 2.22. The van der Waals surface area contributed by atoms with E-state index in [4.69, 9.17) is 0 Å². The van der Waals surface area contributed by atoms with Crippen molar-refractivity contribution in [1.82, 2.24) is 25.0 Å². The van der Waals surface area contributed by atoms with Crippen molar-refractivity contribution in [2.24, 2.45) is 0 Å². The van der Waals surface area contributed by atoms with Crippen molar-refractivity contribution in [1.29, 1.82) is 0 Å². The molecule has 2 saturated heterocycles. The molecule has 0 radical (unpaired) electrons. The van der Waals surface area contributed by atoms with Crippen LogP contribution in [0.1, 0.15) is 51.7 Å². The summed E-state index contributed by atoms with van der Waals surface area (Å²) >= 11 is 0. The molecule has 0 bridgehead atoms. The topological polar surface area (TPSA) is 92.0 Å². The quantitative estimate of drug-likeness (QED) is 0.328. The minimum Gasteiger partial charge on any atom is -0.367 e. The number of carbonyl (C=O) groups excluding carboxylic acids is 2. The van der Waals surface area contributed by atoms with E-state index in [0.717, 1.165) is 79.3 Å². The van der Waals surface area contributed by atoms with Crippen LogP contribution in [0.4, 0.5) is 5.69 Å². The number of anilines is 1. The fourth-order valence-electron chi connectivity index (χ4n) is 6.78. The molecule has 2 N–H and O–H groups in total. The molecule has 9 nitrogen and oxygen atoms in total. The van der Waals surface area contributed by atoms with Crippen LogP contribution < -0.4 is 15.8 Å². The Morgan fingerprint density at radius 1 is 1.02 bits per heavy atom. The molecule has 1 atom stereocenters. The van der Waals surface area contributed by atoms with E-state index >= 15 is 0 Å². The van der Waals surface area contributed by atoms with Gasteiger partial charge in [-0.05, 0) is 93.3 Å². The summed E-state index contributed by atoms with van der Waals surface area (Å²) in [5.74, 6) is -0.278. The average Bonchev–Trinajstić information content (AvgIpc) is 3.52. The lowest BCUT2D eigenvalue weighted by Gasteiger charge is -2.33. The van der Waals surface area contributed by atoms with E-state index in [1.807, 2.05) is 37.8 Å². The summed E-state index contributed by atoms with van der Waals surface area (Å²) in [6, 6.07) is 14.9. The van der Waals surface area contributed by atoms with Gasteiger partial charge in [0.1, 0.15) is 0 Å². The Bertz CT molecular complexity index is 1640. The van der Waals surface area contributed by atoms with Crippen LogP contribution in [-0.4, -0.2) is 90.4 Å². The predicted octanol–water partition coefficient (Wildman–Crippen LogP) is 4.26. The number of carbonyl (C=O) groups is 2. The summed E-state index contributed by atoms with van der Waals surface area (Å²) in [7, 11) is 2.17. The van der Waals surface area contributed by atoms with Gasteiger partial charge in [0.15, 0.2) is 0 Å². The Labute approximate surface area is 272 Å². The molecule has 46 heavy (non-hydrogen) atoms. The number of aryl methyl sites for hydroxylation is 2.